The first kappa shape index (κ1) is 16.6. The summed E-state index contributed by atoms with van der Waals surface area (Å²) in [6.45, 7) is 2.24. The smallest absolute Gasteiger partial charge is 0.257 e. The normalized spacial score (nSPS) is 16.1. The van der Waals surface area contributed by atoms with E-state index in [1.165, 1.54) is 6.07 Å². The summed E-state index contributed by atoms with van der Waals surface area (Å²) in [5.41, 5.74) is 0.569. The van der Waals surface area contributed by atoms with E-state index in [2.05, 4.69) is 10.2 Å². The first-order valence-electron chi connectivity index (χ1n) is 8.18. The Morgan fingerprint density at radius 1 is 1.00 bits per heavy atom. The molecule has 3 rings (SSSR count). The van der Waals surface area contributed by atoms with Crippen molar-refractivity contribution in [1.29, 1.82) is 0 Å². The van der Waals surface area contributed by atoms with Gasteiger partial charge in [-0.25, -0.2) is 8.78 Å². The molecule has 126 valence electrons. The van der Waals surface area contributed by atoms with Crippen molar-refractivity contribution in [3.05, 3.63) is 71.3 Å². The second kappa shape index (κ2) is 7.53. The molecule has 0 unspecified atom stereocenters. The van der Waals surface area contributed by atoms with Crippen molar-refractivity contribution in [2.75, 3.05) is 19.6 Å². The number of benzene rings is 2. The fourth-order valence-corrected chi connectivity index (χ4v) is 3.18. The van der Waals surface area contributed by atoms with Crippen LogP contribution in [0.15, 0.2) is 48.5 Å². The third kappa shape index (κ3) is 3.62. The first-order chi connectivity index (χ1) is 11.7. The molecule has 3 nitrogen and oxygen atoms in total. The topological polar surface area (TPSA) is 32.3 Å². The number of carbonyl (C=O) groups is 1. The summed E-state index contributed by atoms with van der Waals surface area (Å²) in [5, 5.41) is 2.70. The fraction of sp³-hybridized carbons (Fsp3) is 0.316. The van der Waals surface area contributed by atoms with Crippen LogP contribution in [0.4, 0.5) is 8.78 Å². The third-order valence-electron chi connectivity index (χ3n) is 4.41. The summed E-state index contributed by atoms with van der Waals surface area (Å²) in [7, 11) is 0. The molecule has 1 fully saturated rings. The van der Waals surface area contributed by atoms with Gasteiger partial charge in [0, 0.05) is 6.54 Å². The first-order valence-corrected chi connectivity index (χ1v) is 8.18. The molecule has 1 aliphatic rings. The molecule has 0 spiro atoms. The maximum absolute atomic E-state index is 13.7. The van der Waals surface area contributed by atoms with Crippen LogP contribution in [0.1, 0.15) is 34.8 Å². The van der Waals surface area contributed by atoms with Crippen LogP contribution in [0.5, 0.6) is 0 Å². The molecule has 1 aliphatic heterocycles. The van der Waals surface area contributed by atoms with Gasteiger partial charge in [-0.3, -0.25) is 9.69 Å². The monoisotopic (exact) mass is 330 g/mol. The lowest BCUT2D eigenvalue weighted by Crippen LogP contribution is -2.37. The summed E-state index contributed by atoms with van der Waals surface area (Å²) < 4.78 is 27.5. The molecule has 1 heterocycles. The standard InChI is InChI=1S/C19H20F2N2O/c20-15-9-6-10-16(21)18(15)19(24)22-13-17(23-11-4-5-12-23)14-7-2-1-3-8-14/h1-3,6-10,17H,4-5,11-13H2,(H,22,24)/t17-/m1/s1. The van der Waals surface area contributed by atoms with Gasteiger partial charge in [0.05, 0.1) is 6.04 Å². The van der Waals surface area contributed by atoms with Crippen LogP contribution < -0.4 is 5.32 Å². The molecule has 2 aromatic rings. The molecular formula is C19H20F2N2O. The van der Waals surface area contributed by atoms with E-state index >= 15 is 0 Å². The van der Waals surface area contributed by atoms with E-state index in [0.29, 0.717) is 6.54 Å². The summed E-state index contributed by atoms with van der Waals surface area (Å²) >= 11 is 0. The van der Waals surface area contributed by atoms with Gasteiger partial charge in [0.2, 0.25) is 0 Å². The lowest BCUT2D eigenvalue weighted by Gasteiger charge is -2.28. The van der Waals surface area contributed by atoms with E-state index in [4.69, 9.17) is 0 Å². The number of carbonyl (C=O) groups excluding carboxylic acids is 1. The van der Waals surface area contributed by atoms with Gasteiger partial charge >= 0.3 is 0 Å². The van der Waals surface area contributed by atoms with Crippen LogP contribution in [0.2, 0.25) is 0 Å². The van der Waals surface area contributed by atoms with E-state index in [-0.39, 0.29) is 6.04 Å². The SMILES string of the molecule is O=C(NC[C@H](c1ccccc1)N1CCCC1)c1c(F)cccc1F. The zero-order chi connectivity index (χ0) is 16.9. The zero-order valence-electron chi connectivity index (χ0n) is 13.3. The highest BCUT2D eigenvalue weighted by atomic mass is 19.1. The maximum Gasteiger partial charge on any atom is 0.257 e. The van der Waals surface area contributed by atoms with E-state index in [1.54, 1.807) is 0 Å². The molecular weight excluding hydrogens is 310 g/mol. The Morgan fingerprint density at radius 2 is 1.62 bits per heavy atom. The van der Waals surface area contributed by atoms with Gasteiger partial charge < -0.3 is 5.32 Å². The maximum atomic E-state index is 13.7. The molecule has 2 aromatic carbocycles. The van der Waals surface area contributed by atoms with Gasteiger partial charge in [-0.05, 0) is 43.6 Å². The summed E-state index contributed by atoms with van der Waals surface area (Å²) in [4.78, 5) is 14.5. The molecule has 0 radical (unpaired) electrons. The molecule has 24 heavy (non-hydrogen) atoms. The molecule has 0 aliphatic carbocycles. The summed E-state index contributed by atoms with van der Waals surface area (Å²) in [5.74, 6) is -2.40. The van der Waals surface area contributed by atoms with Crippen molar-refractivity contribution in [2.24, 2.45) is 0 Å². The second-order valence-corrected chi connectivity index (χ2v) is 5.98. The highest BCUT2D eigenvalue weighted by Gasteiger charge is 2.25. The van der Waals surface area contributed by atoms with Crippen LogP contribution >= 0.6 is 0 Å². The Labute approximate surface area is 140 Å². The molecule has 5 heteroatoms. The summed E-state index contributed by atoms with van der Waals surface area (Å²) in [6, 6.07) is 13.3. The van der Waals surface area contributed by atoms with Crippen LogP contribution in [0, 0.1) is 11.6 Å². The van der Waals surface area contributed by atoms with E-state index < -0.39 is 23.1 Å². The van der Waals surface area contributed by atoms with Crippen LogP contribution in [-0.4, -0.2) is 30.4 Å². The van der Waals surface area contributed by atoms with Crippen LogP contribution in [-0.2, 0) is 0 Å². The number of hydrogen-bond acceptors (Lipinski definition) is 2. The number of likely N-dealkylation sites (tertiary alicyclic amines) is 1. The van der Waals surface area contributed by atoms with Gasteiger partial charge in [-0.1, -0.05) is 36.4 Å². The van der Waals surface area contributed by atoms with E-state index in [9.17, 15) is 13.6 Å². The lowest BCUT2D eigenvalue weighted by atomic mass is 10.1. The average molecular weight is 330 g/mol. The van der Waals surface area contributed by atoms with Crippen molar-refractivity contribution in [2.45, 2.75) is 18.9 Å². The minimum atomic E-state index is -0.843. The van der Waals surface area contributed by atoms with Crippen molar-refractivity contribution in [1.82, 2.24) is 10.2 Å². The minimum Gasteiger partial charge on any atom is -0.350 e. The number of hydrogen-bond donors (Lipinski definition) is 1. The molecule has 1 atom stereocenters. The molecule has 1 amide bonds. The number of halogens is 2. The molecule has 0 saturated carbocycles. The fourth-order valence-electron chi connectivity index (χ4n) is 3.18. The Morgan fingerprint density at radius 3 is 2.25 bits per heavy atom. The van der Waals surface area contributed by atoms with Crippen LogP contribution in [0.25, 0.3) is 0 Å². The lowest BCUT2D eigenvalue weighted by molar-refractivity contribution is 0.0929. The quantitative estimate of drug-likeness (QED) is 0.909. The minimum absolute atomic E-state index is 0.00693. The molecule has 1 N–H and O–H groups in total. The highest BCUT2D eigenvalue weighted by Crippen LogP contribution is 2.24. The van der Waals surface area contributed by atoms with Crippen molar-refractivity contribution in [3.63, 3.8) is 0 Å². The summed E-state index contributed by atoms with van der Waals surface area (Å²) in [6.07, 6.45) is 2.25. The Kier molecular flexibility index (Phi) is 5.20. The Bertz CT molecular complexity index is 680. The predicted molar refractivity (Wildman–Crippen MR) is 88.7 cm³/mol. The number of nitrogens with zero attached hydrogens (tertiary/aromatic N) is 1. The average Bonchev–Trinajstić information content (AvgIpc) is 3.10. The van der Waals surface area contributed by atoms with Gasteiger partial charge in [-0.2, -0.15) is 0 Å². The van der Waals surface area contributed by atoms with E-state index in [1.807, 2.05) is 30.3 Å². The third-order valence-corrected chi connectivity index (χ3v) is 4.41. The van der Waals surface area contributed by atoms with Gasteiger partial charge in [0.25, 0.3) is 5.91 Å². The number of rotatable bonds is 5. The zero-order valence-corrected chi connectivity index (χ0v) is 13.3. The Balaban J connectivity index is 1.75. The van der Waals surface area contributed by atoms with Gasteiger partial charge in [0.15, 0.2) is 0 Å². The molecule has 1 saturated heterocycles. The van der Waals surface area contributed by atoms with Crippen LogP contribution in [0.3, 0.4) is 0 Å². The van der Waals surface area contributed by atoms with Crippen molar-refractivity contribution >= 4 is 5.91 Å². The second-order valence-electron chi connectivity index (χ2n) is 5.98. The number of amides is 1. The van der Waals surface area contributed by atoms with Crippen molar-refractivity contribution in [3.8, 4) is 0 Å². The molecule has 0 bridgehead atoms. The largest absolute Gasteiger partial charge is 0.350 e. The van der Waals surface area contributed by atoms with Gasteiger partial charge in [0.1, 0.15) is 17.2 Å². The predicted octanol–water partition coefficient (Wildman–Crippen LogP) is 3.53. The molecule has 0 aromatic heterocycles. The number of nitrogens with one attached hydrogen (secondary N) is 1. The van der Waals surface area contributed by atoms with Crippen molar-refractivity contribution < 1.29 is 13.6 Å². The Hall–Kier alpha value is -2.27. The highest BCUT2D eigenvalue weighted by molar-refractivity contribution is 5.94. The van der Waals surface area contributed by atoms with E-state index in [0.717, 1.165) is 43.6 Å². The van der Waals surface area contributed by atoms with Gasteiger partial charge in [-0.15, -0.1) is 0 Å².